The van der Waals surface area contributed by atoms with Gasteiger partial charge in [-0.2, -0.15) is 0 Å². The lowest BCUT2D eigenvalue weighted by Crippen LogP contribution is -2.35. The van der Waals surface area contributed by atoms with Crippen molar-refractivity contribution in [3.63, 3.8) is 0 Å². The summed E-state index contributed by atoms with van der Waals surface area (Å²) in [6, 6.07) is 3.54. The molecule has 1 aliphatic heterocycles. The number of halogens is 1. The molecule has 1 unspecified atom stereocenters. The highest BCUT2D eigenvalue weighted by Crippen LogP contribution is 2.51. The van der Waals surface area contributed by atoms with E-state index in [0.29, 0.717) is 45.7 Å². The van der Waals surface area contributed by atoms with Crippen LogP contribution < -0.4 is 15.2 Å². The Morgan fingerprint density at radius 1 is 1.27 bits per heavy atom. The molecule has 1 aromatic rings. The lowest BCUT2D eigenvalue weighted by atomic mass is 9.70. The number of esters is 1. The van der Waals surface area contributed by atoms with Crippen molar-refractivity contribution >= 4 is 27.7 Å². The Morgan fingerprint density at radius 2 is 1.97 bits per heavy atom. The molecule has 1 aliphatic carbocycles. The van der Waals surface area contributed by atoms with Crippen LogP contribution in [0.1, 0.15) is 45.1 Å². The van der Waals surface area contributed by atoms with Gasteiger partial charge in [0.1, 0.15) is 11.3 Å². The van der Waals surface area contributed by atoms with E-state index >= 15 is 0 Å². The maximum Gasteiger partial charge on any atom is 0.340 e. The second kappa shape index (κ2) is 8.34. The molecule has 1 aromatic carbocycles. The van der Waals surface area contributed by atoms with Crippen molar-refractivity contribution in [3.05, 3.63) is 45.0 Å². The number of ketones is 1. The number of ether oxygens (including phenoxy) is 4. The van der Waals surface area contributed by atoms with Gasteiger partial charge in [0, 0.05) is 28.5 Å². The van der Waals surface area contributed by atoms with Crippen molar-refractivity contribution in [2.24, 2.45) is 11.1 Å². The minimum absolute atomic E-state index is 0.0660. The van der Waals surface area contributed by atoms with Crippen molar-refractivity contribution in [3.8, 4) is 11.5 Å². The Labute approximate surface area is 184 Å². The van der Waals surface area contributed by atoms with Crippen LogP contribution in [0, 0.1) is 5.41 Å². The average molecular weight is 480 g/mol. The summed E-state index contributed by atoms with van der Waals surface area (Å²) in [5.74, 6) is -0.242. The number of carbonyl (C=O) groups excluding carboxylic acids is 2. The molecule has 0 radical (unpaired) electrons. The van der Waals surface area contributed by atoms with Crippen LogP contribution in [0.2, 0.25) is 0 Å². The van der Waals surface area contributed by atoms with Crippen LogP contribution in [0.15, 0.2) is 39.4 Å². The van der Waals surface area contributed by atoms with Crippen molar-refractivity contribution in [1.29, 1.82) is 0 Å². The molecule has 0 amide bonds. The second-order valence-electron chi connectivity index (χ2n) is 8.04. The van der Waals surface area contributed by atoms with Gasteiger partial charge in [0.2, 0.25) is 5.88 Å². The summed E-state index contributed by atoms with van der Waals surface area (Å²) >= 11 is 3.48. The summed E-state index contributed by atoms with van der Waals surface area (Å²) in [6.45, 7) is 5.86. The van der Waals surface area contributed by atoms with Gasteiger partial charge in [0.25, 0.3) is 0 Å². The third-order valence-electron chi connectivity index (χ3n) is 5.23. The van der Waals surface area contributed by atoms with E-state index in [-0.39, 0.29) is 29.3 Å². The number of Topliss-reactive ketones (excluding diaryl/α,β-unsaturated/α-hetero) is 1. The Bertz CT molecular complexity index is 963. The molecule has 2 N–H and O–H groups in total. The van der Waals surface area contributed by atoms with E-state index in [9.17, 15) is 9.59 Å². The van der Waals surface area contributed by atoms with Crippen LogP contribution in [0.4, 0.5) is 0 Å². The third kappa shape index (κ3) is 3.93. The Hall–Kier alpha value is -2.48. The highest BCUT2D eigenvalue weighted by atomic mass is 79.9. The highest BCUT2D eigenvalue weighted by Gasteiger charge is 2.46. The topological polar surface area (TPSA) is 97.1 Å². The Morgan fingerprint density at radius 3 is 2.57 bits per heavy atom. The molecular formula is C22H26BrNO6. The van der Waals surface area contributed by atoms with E-state index in [0.717, 1.165) is 0 Å². The van der Waals surface area contributed by atoms with Crippen LogP contribution >= 0.6 is 15.9 Å². The molecule has 0 fully saturated rings. The Balaban J connectivity index is 2.31. The van der Waals surface area contributed by atoms with E-state index in [1.54, 1.807) is 19.1 Å². The quantitative estimate of drug-likeness (QED) is 0.638. The zero-order valence-corrected chi connectivity index (χ0v) is 19.3. The number of rotatable bonds is 5. The summed E-state index contributed by atoms with van der Waals surface area (Å²) in [5.41, 5.74) is 6.99. The van der Waals surface area contributed by atoms with Gasteiger partial charge in [-0.15, -0.1) is 0 Å². The normalized spacial score (nSPS) is 20.5. The van der Waals surface area contributed by atoms with E-state index in [2.05, 4.69) is 15.9 Å². The number of nitrogens with two attached hydrogens (primary N) is 1. The number of carbonyl (C=O) groups is 2. The maximum absolute atomic E-state index is 13.3. The molecular weight excluding hydrogens is 454 g/mol. The van der Waals surface area contributed by atoms with E-state index in [1.807, 2.05) is 13.8 Å². The molecule has 0 saturated carbocycles. The summed E-state index contributed by atoms with van der Waals surface area (Å²) in [4.78, 5) is 26.1. The molecule has 0 aromatic heterocycles. The summed E-state index contributed by atoms with van der Waals surface area (Å²) < 4.78 is 22.9. The van der Waals surface area contributed by atoms with Crippen molar-refractivity contribution in [2.75, 3.05) is 20.8 Å². The van der Waals surface area contributed by atoms with Gasteiger partial charge in [-0.25, -0.2) is 4.79 Å². The van der Waals surface area contributed by atoms with Gasteiger partial charge in [-0.1, -0.05) is 29.8 Å². The van der Waals surface area contributed by atoms with Crippen molar-refractivity contribution < 1.29 is 28.5 Å². The summed E-state index contributed by atoms with van der Waals surface area (Å²) in [6.07, 6.45) is 0.851. The van der Waals surface area contributed by atoms with Gasteiger partial charge in [0.05, 0.1) is 26.7 Å². The van der Waals surface area contributed by atoms with Gasteiger partial charge >= 0.3 is 5.97 Å². The largest absolute Gasteiger partial charge is 0.493 e. The third-order valence-corrected chi connectivity index (χ3v) is 5.69. The lowest BCUT2D eigenvalue weighted by molar-refractivity contribution is -0.139. The average Bonchev–Trinajstić information content (AvgIpc) is 2.65. The molecule has 1 heterocycles. The fraction of sp³-hybridized carbons (Fsp3) is 0.455. The molecule has 162 valence electrons. The zero-order chi connectivity index (χ0) is 22.2. The monoisotopic (exact) mass is 479 g/mol. The van der Waals surface area contributed by atoms with Gasteiger partial charge in [-0.3, -0.25) is 4.79 Å². The predicted molar refractivity (Wildman–Crippen MR) is 114 cm³/mol. The number of hydrogen-bond acceptors (Lipinski definition) is 7. The van der Waals surface area contributed by atoms with Gasteiger partial charge < -0.3 is 24.7 Å². The standard InChI is InChI=1S/C22H26BrNO6/c1-6-29-21(26)18-16(12-7-11(23)8-14(27-4)19(12)28-5)17-13(25)9-22(2,3)10-15(17)30-20(18)24/h7-8,16H,6,9-10,24H2,1-5H3. The van der Waals surface area contributed by atoms with Crippen LogP contribution in [-0.2, 0) is 19.1 Å². The molecule has 0 spiro atoms. The first-order valence-corrected chi connectivity index (χ1v) is 10.4. The molecule has 0 saturated heterocycles. The predicted octanol–water partition coefficient (Wildman–Crippen LogP) is 3.96. The molecule has 0 bridgehead atoms. The first-order valence-electron chi connectivity index (χ1n) is 9.65. The minimum atomic E-state index is -0.794. The highest BCUT2D eigenvalue weighted by molar-refractivity contribution is 9.10. The first-order chi connectivity index (χ1) is 14.1. The van der Waals surface area contributed by atoms with Crippen molar-refractivity contribution in [2.45, 2.75) is 39.5 Å². The molecule has 7 nitrogen and oxygen atoms in total. The van der Waals surface area contributed by atoms with E-state index < -0.39 is 11.9 Å². The maximum atomic E-state index is 13.3. The fourth-order valence-corrected chi connectivity index (χ4v) is 4.53. The van der Waals surface area contributed by atoms with Gasteiger partial charge in [-0.05, 0) is 24.5 Å². The van der Waals surface area contributed by atoms with Crippen LogP contribution in [0.5, 0.6) is 11.5 Å². The number of allylic oxidation sites excluding steroid dienone is 2. The molecule has 8 heteroatoms. The number of hydrogen-bond donors (Lipinski definition) is 1. The molecule has 30 heavy (non-hydrogen) atoms. The van der Waals surface area contributed by atoms with Crippen LogP contribution in [0.25, 0.3) is 0 Å². The number of methoxy groups -OCH3 is 2. The fourth-order valence-electron chi connectivity index (χ4n) is 4.08. The lowest BCUT2D eigenvalue weighted by Gasteiger charge is -2.38. The summed E-state index contributed by atoms with van der Waals surface area (Å²) in [7, 11) is 3.03. The molecule has 3 rings (SSSR count). The van der Waals surface area contributed by atoms with Gasteiger partial charge in [0.15, 0.2) is 17.3 Å². The SMILES string of the molecule is CCOC(=O)C1=C(N)OC2=C(C(=O)CC(C)(C)C2)C1c1cc(Br)cc(OC)c1OC. The van der Waals surface area contributed by atoms with E-state index in [1.165, 1.54) is 14.2 Å². The molecule has 1 atom stereocenters. The van der Waals surface area contributed by atoms with Crippen molar-refractivity contribution in [1.82, 2.24) is 0 Å². The zero-order valence-electron chi connectivity index (χ0n) is 17.8. The molecule has 2 aliphatic rings. The van der Waals surface area contributed by atoms with Crippen LogP contribution in [-0.4, -0.2) is 32.6 Å². The van der Waals surface area contributed by atoms with E-state index in [4.69, 9.17) is 24.7 Å². The van der Waals surface area contributed by atoms with Crippen LogP contribution in [0.3, 0.4) is 0 Å². The summed E-state index contributed by atoms with van der Waals surface area (Å²) in [5, 5.41) is 0. The first kappa shape index (κ1) is 22.2. The second-order valence-corrected chi connectivity index (χ2v) is 8.96. The smallest absolute Gasteiger partial charge is 0.340 e. The minimum Gasteiger partial charge on any atom is -0.493 e. The number of benzene rings is 1. The Kier molecular flexibility index (Phi) is 6.17.